The van der Waals surface area contributed by atoms with Crippen molar-refractivity contribution in [3.63, 3.8) is 0 Å². The third kappa shape index (κ3) is 4.18. The van der Waals surface area contributed by atoms with Crippen LogP contribution < -0.4 is 16.0 Å². The van der Waals surface area contributed by atoms with Gasteiger partial charge in [0.25, 0.3) is 10.0 Å². The first-order valence-electron chi connectivity index (χ1n) is 9.19. The third-order valence-corrected chi connectivity index (χ3v) is 7.16. The molecule has 0 aliphatic carbocycles. The van der Waals surface area contributed by atoms with Crippen LogP contribution in [0.5, 0.6) is 0 Å². The van der Waals surface area contributed by atoms with Gasteiger partial charge in [-0.05, 0) is 43.4 Å². The van der Waals surface area contributed by atoms with Crippen LogP contribution in [0.4, 0.5) is 14.9 Å². The highest BCUT2D eigenvalue weighted by Gasteiger charge is 2.39. The van der Waals surface area contributed by atoms with E-state index in [2.05, 4.69) is 22.0 Å². The van der Waals surface area contributed by atoms with E-state index < -0.39 is 39.2 Å². The van der Waals surface area contributed by atoms with Gasteiger partial charge >= 0.3 is 6.03 Å². The zero-order valence-corrected chi connectivity index (χ0v) is 16.8. The molecule has 9 nitrogen and oxygen atoms in total. The van der Waals surface area contributed by atoms with Crippen molar-refractivity contribution in [3.05, 3.63) is 24.0 Å². The lowest BCUT2D eigenvalue weighted by molar-refractivity contribution is -0.122. The van der Waals surface area contributed by atoms with Gasteiger partial charge < -0.3 is 16.0 Å². The summed E-state index contributed by atoms with van der Waals surface area (Å²) in [7, 11) is -4.36. The molecule has 156 valence electrons. The molecule has 0 spiro atoms. The zero-order chi connectivity index (χ0) is 21.3. The van der Waals surface area contributed by atoms with E-state index in [0.717, 1.165) is 18.2 Å². The Balaban J connectivity index is 1.69. The standard InChI is InChI=1S/C18H22FN5O4S/c1-10-5-13(7-20)21-8-14(10)11(2)22-17(25)9-24-18(26)23-15-4-3-12(19)6-16(15)29(24,27)28/h3-4,6,10-11,13-14,21H,5,8-9H2,1-2H3,(H,22,25)(H,23,26)/t10?,11-,13?,14?/m0/s1. The maximum atomic E-state index is 13.5. The fourth-order valence-electron chi connectivity index (χ4n) is 3.79. The fraction of sp³-hybridized carbons (Fsp3) is 0.500. The Kier molecular flexibility index (Phi) is 5.77. The largest absolute Gasteiger partial charge is 0.352 e. The number of carbonyl (C=O) groups is 2. The number of fused-ring (bicyclic) bond motifs is 1. The second-order valence-electron chi connectivity index (χ2n) is 7.41. The Morgan fingerprint density at radius 1 is 1.48 bits per heavy atom. The number of nitrogens with one attached hydrogen (secondary N) is 3. The number of amides is 3. The van der Waals surface area contributed by atoms with Crippen LogP contribution in [0.1, 0.15) is 20.3 Å². The number of hydrogen-bond acceptors (Lipinski definition) is 6. The highest BCUT2D eigenvalue weighted by molar-refractivity contribution is 7.90. The van der Waals surface area contributed by atoms with Crippen LogP contribution in [0, 0.1) is 29.0 Å². The maximum absolute atomic E-state index is 13.5. The third-order valence-electron chi connectivity index (χ3n) is 5.39. The molecule has 2 heterocycles. The normalized spacial score (nSPS) is 26.6. The van der Waals surface area contributed by atoms with Gasteiger partial charge in [0, 0.05) is 12.6 Å². The molecule has 1 aromatic rings. The first-order chi connectivity index (χ1) is 13.6. The summed E-state index contributed by atoms with van der Waals surface area (Å²) in [4.78, 5) is 24.3. The molecule has 1 fully saturated rings. The average Bonchev–Trinajstić information content (AvgIpc) is 2.65. The number of anilines is 1. The van der Waals surface area contributed by atoms with E-state index in [0.29, 0.717) is 17.3 Å². The predicted molar refractivity (Wildman–Crippen MR) is 102 cm³/mol. The molecule has 11 heteroatoms. The summed E-state index contributed by atoms with van der Waals surface area (Å²) in [5.74, 6) is -1.19. The summed E-state index contributed by atoms with van der Waals surface area (Å²) in [6.07, 6.45) is 0.645. The Hall–Kier alpha value is -2.71. The minimum absolute atomic E-state index is 0.0319. The Bertz CT molecular complexity index is 977. The lowest BCUT2D eigenvalue weighted by Crippen LogP contribution is -2.54. The minimum Gasteiger partial charge on any atom is -0.352 e. The van der Waals surface area contributed by atoms with E-state index in [9.17, 15) is 22.4 Å². The van der Waals surface area contributed by atoms with Gasteiger partial charge in [0.05, 0.1) is 17.8 Å². The van der Waals surface area contributed by atoms with E-state index >= 15 is 0 Å². The molecule has 0 radical (unpaired) electrons. The first kappa shape index (κ1) is 21.0. The Morgan fingerprint density at radius 2 is 2.21 bits per heavy atom. The lowest BCUT2D eigenvalue weighted by atomic mass is 9.80. The molecule has 4 atom stereocenters. The highest BCUT2D eigenvalue weighted by Crippen LogP contribution is 2.30. The van der Waals surface area contributed by atoms with Crippen molar-refractivity contribution in [1.82, 2.24) is 14.9 Å². The molecule has 2 aliphatic heterocycles. The highest BCUT2D eigenvalue weighted by atomic mass is 32.2. The fourth-order valence-corrected chi connectivity index (χ4v) is 5.24. The quantitative estimate of drug-likeness (QED) is 0.662. The van der Waals surface area contributed by atoms with Crippen LogP contribution in [0.25, 0.3) is 0 Å². The molecule has 2 aliphatic rings. The molecule has 3 N–H and O–H groups in total. The van der Waals surface area contributed by atoms with E-state index in [1.807, 2.05) is 6.92 Å². The summed E-state index contributed by atoms with van der Waals surface area (Å²) < 4.78 is 39.3. The van der Waals surface area contributed by atoms with Crippen LogP contribution in [0.3, 0.4) is 0 Å². The van der Waals surface area contributed by atoms with Crippen molar-refractivity contribution in [2.24, 2.45) is 11.8 Å². The number of carbonyl (C=O) groups excluding carboxylic acids is 2. The van der Waals surface area contributed by atoms with Crippen molar-refractivity contribution in [2.45, 2.75) is 37.2 Å². The first-order valence-corrected chi connectivity index (χ1v) is 10.6. The molecular weight excluding hydrogens is 401 g/mol. The molecule has 3 unspecified atom stereocenters. The van der Waals surface area contributed by atoms with Gasteiger partial charge in [-0.15, -0.1) is 0 Å². The monoisotopic (exact) mass is 423 g/mol. The number of halogens is 1. The number of hydrogen-bond donors (Lipinski definition) is 3. The number of rotatable bonds is 4. The van der Waals surface area contributed by atoms with Crippen molar-refractivity contribution in [3.8, 4) is 6.07 Å². The lowest BCUT2D eigenvalue weighted by Gasteiger charge is -2.36. The summed E-state index contributed by atoms with van der Waals surface area (Å²) in [6, 6.07) is 3.66. The van der Waals surface area contributed by atoms with E-state index in [4.69, 9.17) is 5.26 Å². The van der Waals surface area contributed by atoms with Crippen LogP contribution in [-0.4, -0.2) is 49.8 Å². The molecule has 29 heavy (non-hydrogen) atoms. The summed E-state index contributed by atoms with van der Waals surface area (Å²) in [5.41, 5.74) is -0.0319. The Morgan fingerprint density at radius 3 is 2.86 bits per heavy atom. The second kappa shape index (κ2) is 7.96. The number of benzene rings is 1. The van der Waals surface area contributed by atoms with E-state index in [1.165, 1.54) is 0 Å². The van der Waals surface area contributed by atoms with Gasteiger partial charge in [-0.25, -0.2) is 21.9 Å². The van der Waals surface area contributed by atoms with Crippen LogP contribution in [0.2, 0.25) is 0 Å². The van der Waals surface area contributed by atoms with Crippen LogP contribution >= 0.6 is 0 Å². The average molecular weight is 423 g/mol. The molecule has 0 saturated carbocycles. The Labute approximate surface area is 168 Å². The predicted octanol–water partition coefficient (Wildman–Crippen LogP) is 1.00. The van der Waals surface area contributed by atoms with E-state index in [-0.39, 0.29) is 29.6 Å². The molecule has 1 aromatic carbocycles. The van der Waals surface area contributed by atoms with Crippen LogP contribution in [-0.2, 0) is 14.8 Å². The van der Waals surface area contributed by atoms with E-state index in [1.54, 1.807) is 6.92 Å². The molecule has 0 aromatic heterocycles. The molecule has 3 rings (SSSR count). The molecular formula is C18H22FN5O4S. The number of piperidine rings is 1. The van der Waals surface area contributed by atoms with Crippen molar-refractivity contribution >= 4 is 27.6 Å². The number of nitriles is 1. The van der Waals surface area contributed by atoms with Gasteiger partial charge in [0.1, 0.15) is 17.3 Å². The van der Waals surface area contributed by atoms with Crippen molar-refractivity contribution in [2.75, 3.05) is 18.4 Å². The van der Waals surface area contributed by atoms with Gasteiger partial charge in [0.2, 0.25) is 5.91 Å². The minimum atomic E-state index is -4.36. The summed E-state index contributed by atoms with van der Waals surface area (Å²) in [6.45, 7) is 3.61. The van der Waals surface area contributed by atoms with Crippen LogP contribution in [0.15, 0.2) is 23.1 Å². The maximum Gasteiger partial charge on any atom is 0.336 e. The number of sulfonamides is 1. The van der Waals surface area contributed by atoms with Crippen molar-refractivity contribution in [1.29, 1.82) is 5.26 Å². The van der Waals surface area contributed by atoms with Gasteiger partial charge in [-0.2, -0.15) is 5.26 Å². The summed E-state index contributed by atoms with van der Waals surface area (Å²) in [5, 5.41) is 17.2. The SMILES string of the molecule is CC1CC(C#N)NCC1[C@H](C)NC(=O)CN1C(=O)Nc2ccc(F)cc2S1(=O)=O. The van der Waals surface area contributed by atoms with Gasteiger partial charge in [-0.3, -0.25) is 4.79 Å². The molecule has 0 bridgehead atoms. The van der Waals surface area contributed by atoms with Gasteiger partial charge in [0.15, 0.2) is 0 Å². The number of urea groups is 1. The summed E-state index contributed by atoms with van der Waals surface area (Å²) >= 11 is 0. The second-order valence-corrected chi connectivity index (χ2v) is 9.24. The smallest absolute Gasteiger partial charge is 0.336 e. The molecule has 3 amide bonds. The molecule has 1 saturated heterocycles. The number of nitrogens with zero attached hydrogens (tertiary/aromatic N) is 2. The topological polar surface area (TPSA) is 131 Å². The van der Waals surface area contributed by atoms with Crippen molar-refractivity contribution < 1.29 is 22.4 Å². The zero-order valence-electron chi connectivity index (χ0n) is 16.0. The van der Waals surface area contributed by atoms with Gasteiger partial charge in [-0.1, -0.05) is 6.92 Å².